The Hall–Kier alpha value is -3.49. The maximum absolute atomic E-state index is 14.5. The van der Waals surface area contributed by atoms with Gasteiger partial charge < -0.3 is 24.8 Å². The van der Waals surface area contributed by atoms with Crippen molar-refractivity contribution in [3.8, 4) is 17.2 Å². The summed E-state index contributed by atoms with van der Waals surface area (Å²) in [6, 6.07) is 0. The molecule has 1 spiro atoms. The third-order valence-electron chi connectivity index (χ3n) is 9.27. The van der Waals surface area contributed by atoms with Gasteiger partial charge in [-0.15, -0.1) is 0 Å². The minimum Gasteiger partial charge on any atom is -0.507 e. The zero-order valence-corrected chi connectivity index (χ0v) is 24.5. The van der Waals surface area contributed by atoms with E-state index in [2.05, 4.69) is 6.58 Å². The van der Waals surface area contributed by atoms with Crippen molar-refractivity contribution in [1.82, 2.24) is 0 Å². The first kappa shape index (κ1) is 29.0. The molecule has 3 N–H and O–H groups in total. The molecule has 0 aromatic heterocycles. The molecule has 8 heteroatoms. The van der Waals surface area contributed by atoms with Crippen LogP contribution in [0.2, 0.25) is 0 Å². The van der Waals surface area contributed by atoms with Crippen molar-refractivity contribution >= 4 is 17.9 Å². The number of aldehydes is 1. The molecule has 6 rings (SSSR count). The molecule has 2 fully saturated rings. The Labute approximate surface area is 240 Å². The van der Waals surface area contributed by atoms with Crippen LogP contribution in [0.3, 0.4) is 0 Å². The van der Waals surface area contributed by atoms with Gasteiger partial charge in [0, 0.05) is 41.4 Å². The summed E-state index contributed by atoms with van der Waals surface area (Å²) in [7, 11) is 0. The van der Waals surface area contributed by atoms with E-state index >= 15 is 0 Å². The first-order valence-corrected chi connectivity index (χ1v) is 14.0. The van der Waals surface area contributed by atoms with Crippen molar-refractivity contribution in [3.05, 3.63) is 63.8 Å². The summed E-state index contributed by atoms with van der Waals surface area (Å²) < 4.78 is 13.5. The van der Waals surface area contributed by atoms with Crippen LogP contribution in [0.15, 0.2) is 47.1 Å². The van der Waals surface area contributed by atoms with Gasteiger partial charge in [-0.3, -0.25) is 14.4 Å². The molecule has 2 heterocycles. The van der Waals surface area contributed by atoms with E-state index in [0.29, 0.717) is 23.9 Å². The number of aromatic hydroxyl groups is 2. The fraction of sp³-hybridized carbons (Fsp3) is 0.485. The number of ketones is 2. The molecule has 0 radical (unpaired) electrons. The van der Waals surface area contributed by atoms with Gasteiger partial charge in [-0.1, -0.05) is 36.0 Å². The number of carbonyl (C=O) groups excluding carboxylic acids is 3. The van der Waals surface area contributed by atoms with Crippen LogP contribution in [0.4, 0.5) is 0 Å². The van der Waals surface area contributed by atoms with E-state index in [4.69, 9.17) is 9.47 Å². The number of fused-ring (bicyclic) bond motifs is 1. The molecule has 1 aromatic rings. The van der Waals surface area contributed by atoms with Crippen LogP contribution in [0, 0.1) is 11.8 Å². The first-order chi connectivity index (χ1) is 19.1. The fourth-order valence-electron chi connectivity index (χ4n) is 7.17. The average molecular weight is 563 g/mol. The van der Waals surface area contributed by atoms with Crippen LogP contribution in [0.1, 0.15) is 75.9 Å². The van der Waals surface area contributed by atoms with Gasteiger partial charge in [0.05, 0.1) is 11.7 Å². The van der Waals surface area contributed by atoms with Gasteiger partial charge in [0.2, 0.25) is 0 Å². The van der Waals surface area contributed by atoms with Gasteiger partial charge in [-0.05, 0) is 60.0 Å². The number of hydrogen-bond donors (Lipinski definition) is 3. The van der Waals surface area contributed by atoms with Gasteiger partial charge in [-0.2, -0.15) is 0 Å². The summed E-state index contributed by atoms with van der Waals surface area (Å²) in [5.74, 6) is -2.49. The summed E-state index contributed by atoms with van der Waals surface area (Å²) in [4.78, 5) is 40.0. The highest BCUT2D eigenvalue weighted by Crippen LogP contribution is 2.68. The molecule has 3 aliphatic carbocycles. The average Bonchev–Trinajstić information content (AvgIpc) is 3.06. The molecule has 0 unspecified atom stereocenters. The number of phenolic OH excluding ortho intramolecular Hbond substituents is 2. The number of aliphatic hydroxyl groups is 1. The van der Waals surface area contributed by atoms with Crippen LogP contribution in [0.5, 0.6) is 17.2 Å². The maximum Gasteiger partial charge on any atom is 0.200 e. The molecule has 1 aromatic carbocycles. The molecule has 218 valence electrons. The topological polar surface area (TPSA) is 130 Å². The molecule has 5 aliphatic rings. The Morgan fingerprint density at radius 2 is 1.80 bits per heavy atom. The van der Waals surface area contributed by atoms with Crippen LogP contribution in [-0.4, -0.2) is 56.1 Å². The maximum atomic E-state index is 14.5. The first-order valence-electron chi connectivity index (χ1n) is 14.0. The van der Waals surface area contributed by atoms with Gasteiger partial charge in [-0.25, -0.2) is 0 Å². The number of phenols is 2. The van der Waals surface area contributed by atoms with Crippen LogP contribution in [0.25, 0.3) is 0 Å². The van der Waals surface area contributed by atoms with E-state index < -0.39 is 46.3 Å². The van der Waals surface area contributed by atoms with E-state index in [1.54, 1.807) is 26.0 Å². The number of carbonyl (C=O) groups is 3. The highest BCUT2D eigenvalue weighted by molar-refractivity contribution is 6.18. The minimum atomic E-state index is -1.61. The van der Waals surface area contributed by atoms with E-state index in [0.717, 1.165) is 5.57 Å². The summed E-state index contributed by atoms with van der Waals surface area (Å²) in [6.45, 7) is 14.6. The minimum absolute atomic E-state index is 0.00708. The summed E-state index contributed by atoms with van der Waals surface area (Å²) in [5.41, 5.74) is -1.80. The van der Waals surface area contributed by atoms with Crippen molar-refractivity contribution in [1.29, 1.82) is 0 Å². The number of allylic oxidation sites excluding steroid dienone is 4. The number of benzene rings is 1. The molecule has 2 aliphatic heterocycles. The fourth-order valence-corrected chi connectivity index (χ4v) is 7.17. The summed E-state index contributed by atoms with van der Waals surface area (Å²) >= 11 is 0. The Morgan fingerprint density at radius 1 is 1.12 bits per heavy atom. The summed E-state index contributed by atoms with van der Waals surface area (Å²) in [6.07, 6.45) is 5.15. The number of ether oxygens (including phenoxy) is 2. The molecule has 8 nitrogen and oxygen atoms in total. The SMILES string of the molecule is C=C(C)[C@H](O)Cc1c(O)c(CC=C(C)C)c(O)c2c1O[C@@]13C(=C[C@H]4C[C@@H]1C(C)(C)O[C@]3(CC=C(C)C=O)C4=O)C2=O. The van der Waals surface area contributed by atoms with Crippen LogP contribution >= 0.6 is 0 Å². The summed E-state index contributed by atoms with van der Waals surface area (Å²) in [5, 5.41) is 33.8. The van der Waals surface area contributed by atoms with Gasteiger partial charge in [0.1, 0.15) is 29.1 Å². The van der Waals surface area contributed by atoms with Gasteiger partial charge >= 0.3 is 0 Å². The standard InChI is InChI=1S/C33H38O8/c1-16(2)8-9-20-26(36)21(14-23(35)17(3)4)29-25(27(20)37)28(38)22-12-19-13-24-31(6,7)41-32(30(19)39,33(22,24)40-29)11-10-18(5)15-34/h8,10,12,15,19,23-24,35-37H,3,9,11,13-14H2,1-2,4-7H3/t19-,23+,24+,32+,33-/m0/s1. The number of aliphatic hydroxyl groups excluding tert-OH is 1. The number of Topliss-reactive ketones (excluding diaryl/α,β-unsaturated/α-hetero) is 2. The van der Waals surface area contributed by atoms with Crippen LogP contribution < -0.4 is 4.74 Å². The molecule has 41 heavy (non-hydrogen) atoms. The van der Waals surface area contributed by atoms with Crippen molar-refractivity contribution in [3.63, 3.8) is 0 Å². The van der Waals surface area contributed by atoms with Crippen LogP contribution in [-0.2, 0) is 27.2 Å². The quantitative estimate of drug-likeness (QED) is 0.238. The molecular formula is C33H38O8. The molecule has 0 amide bonds. The van der Waals surface area contributed by atoms with Gasteiger partial charge in [0.25, 0.3) is 0 Å². The van der Waals surface area contributed by atoms with Crippen molar-refractivity contribution < 1.29 is 39.2 Å². The Balaban J connectivity index is 1.82. The second-order valence-corrected chi connectivity index (χ2v) is 12.7. The smallest absolute Gasteiger partial charge is 0.200 e. The number of hydrogen-bond acceptors (Lipinski definition) is 8. The van der Waals surface area contributed by atoms with Crippen molar-refractivity contribution in [2.45, 2.75) is 90.1 Å². The molecular weight excluding hydrogens is 524 g/mol. The van der Waals surface area contributed by atoms with E-state index in [1.165, 1.54) is 0 Å². The predicted molar refractivity (Wildman–Crippen MR) is 152 cm³/mol. The normalized spacial score (nSPS) is 29.7. The van der Waals surface area contributed by atoms with E-state index in [-0.39, 0.29) is 58.8 Å². The largest absolute Gasteiger partial charge is 0.507 e. The lowest BCUT2D eigenvalue weighted by molar-refractivity contribution is -0.171. The predicted octanol–water partition coefficient (Wildman–Crippen LogP) is 4.63. The zero-order valence-electron chi connectivity index (χ0n) is 24.5. The highest BCUT2D eigenvalue weighted by Gasteiger charge is 2.81. The molecule has 4 bridgehead atoms. The lowest BCUT2D eigenvalue weighted by Crippen LogP contribution is -2.72. The van der Waals surface area contributed by atoms with Crippen molar-refractivity contribution in [2.24, 2.45) is 11.8 Å². The Morgan fingerprint density at radius 3 is 2.41 bits per heavy atom. The second-order valence-electron chi connectivity index (χ2n) is 12.7. The van der Waals surface area contributed by atoms with E-state index in [1.807, 2.05) is 33.8 Å². The Bertz CT molecular complexity index is 1490. The molecule has 1 saturated heterocycles. The van der Waals surface area contributed by atoms with Gasteiger partial charge in [0.15, 0.2) is 22.8 Å². The number of rotatable bonds is 8. The third kappa shape index (κ3) is 3.91. The second kappa shape index (κ2) is 9.53. The molecule has 5 atom stereocenters. The lowest BCUT2D eigenvalue weighted by atomic mass is 9.51. The Kier molecular flexibility index (Phi) is 6.74. The monoisotopic (exact) mass is 562 g/mol. The lowest BCUT2D eigenvalue weighted by Gasteiger charge is -2.56. The van der Waals surface area contributed by atoms with Crippen molar-refractivity contribution in [2.75, 3.05) is 0 Å². The van der Waals surface area contributed by atoms with E-state index in [9.17, 15) is 29.7 Å². The highest BCUT2D eigenvalue weighted by atomic mass is 16.6. The molecule has 1 saturated carbocycles. The zero-order chi connectivity index (χ0) is 30.2. The third-order valence-corrected chi connectivity index (χ3v) is 9.27.